The van der Waals surface area contributed by atoms with Gasteiger partial charge in [0.1, 0.15) is 6.10 Å². The van der Waals surface area contributed by atoms with Crippen molar-refractivity contribution in [3.63, 3.8) is 0 Å². The molecule has 0 aromatic heterocycles. The van der Waals surface area contributed by atoms with Crippen molar-refractivity contribution in [1.82, 2.24) is 0 Å². The largest absolute Gasteiger partial charge is 0.411 e. The van der Waals surface area contributed by atoms with E-state index in [0.29, 0.717) is 40.6 Å². The summed E-state index contributed by atoms with van der Waals surface area (Å²) in [6.45, 7) is 27.0. The molecule has 14 atom stereocenters. The number of hydrogen-bond donors (Lipinski definition) is 1. The highest BCUT2D eigenvalue weighted by Gasteiger charge is 2.85. The second kappa shape index (κ2) is 11.9. The first-order valence-electron chi connectivity index (χ1n) is 20.1. The lowest BCUT2D eigenvalue weighted by Crippen LogP contribution is -2.61. The molecule has 0 amide bonds. The molecule has 0 aromatic carbocycles. The molecule has 5 nitrogen and oxygen atoms in total. The molecule has 47 heavy (non-hydrogen) atoms. The minimum Gasteiger partial charge on any atom is -0.411 e. The van der Waals surface area contributed by atoms with Gasteiger partial charge in [0.15, 0.2) is 14.6 Å². The van der Waals surface area contributed by atoms with Crippen LogP contribution < -0.4 is 0 Å². The highest BCUT2D eigenvalue weighted by molar-refractivity contribution is 6.73. The first-order chi connectivity index (χ1) is 22.2. The van der Waals surface area contributed by atoms with Gasteiger partial charge in [-0.25, -0.2) is 0 Å². The van der Waals surface area contributed by atoms with Gasteiger partial charge in [-0.2, -0.15) is 0 Å². The quantitative estimate of drug-likeness (QED) is 0.150. The van der Waals surface area contributed by atoms with Crippen LogP contribution >= 0.6 is 0 Å². The number of aliphatic hydroxyl groups is 1. The van der Waals surface area contributed by atoms with Crippen LogP contribution in [0.4, 0.5) is 0 Å². The van der Waals surface area contributed by atoms with Gasteiger partial charge in [0, 0.05) is 12.0 Å². The average molecular weight is 671 g/mol. The van der Waals surface area contributed by atoms with Gasteiger partial charge in [0.2, 0.25) is 0 Å². The zero-order valence-corrected chi connectivity index (χ0v) is 32.7. The summed E-state index contributed by atoms with van der Waals surface area (Å²) < 4.78 is 28.0. The molecule has 2 saturated heterocycles. The maximum absolute atomic E-state index is 11.3. The third kappa shape index (κ3) is 4.75. The average Bonchev–Trinajstić information content (AvgIpc) is 3.68. The van der Waals surface area contributed by atoms with Crippen LogP contribution in [0.1, 0.15) is 133 Å². The van der Waals surface area contributed by atoms with Gasteiger partial charge < -0.3 is 23.7 Å². The Hall–Kier alpha value is -0.243. The summed E-state index contributed by atoms with van der Waals surface area (Å²) in [5.41, 5.74) is 2.05. The fourth-order valence-corrected chi connectivity index (χ4v) is 17.4. The summed E-state index contributed by atoms with van der Waals surface area (Å²) in [5, 5.41) is 11.3. The van der Waals surface area contributed by atoms with Crippen molar-refractivity contribution in [3.05, 3.63) is 12.2 Å². The van der Waals surface area contributed by atoms with E-state index in [9.17, 15) is 5.11 Å². The molecule has 0 bridgehead atoms. The third-order valence-corrected chi connectivity index (χ3v) is 22.0. The fraction of sp³-hybridized carbons (Fsp3) is 0.951. The molecule has 7 aliphatic rings. The van der Waals surface area contributed by atoms with Crippen LogP contribution in [0.15, 0.2) is 12.2 Å². The van der Waals surface area contributed by atoms with Crippen LogP contribution in [-0.2, 0) is 18.6 Å². The molecule has 2 unspecified atom stereocenters. The molecule has 268 valence electrons. The molecule has 5 saturated carbocycles. The summed E-state index contributed by atoms with van der Waals surface area (Å²) in [4.78, 5) is 0. The van der Waals surface area contributed by atoms with Gasteiger partial charge in [-0.05, 0) is 147 Å². The minimum absolute atomic E-state index is 0.00467. The second-order valence-electron chi connectivity index (χ2n) is 19.1. The molecular formula is C41H70O5Si. The second-order valence-corrected chi connectivity index (χ2v) is 23.8. The van der Waals surface area contributed by atoms with E-state index in [-0.39, 0.29) is 40.8 Å². The maximum atomic E-state index is 11.3. The maximum Gasteiger partial charge on any atom is 0.192 e. The topological polar surface area (TPSA) is 57.2 Å². The van der Waals surface area contributed by atoms with Gasteiger partial charge in [-0.15, -0.1) is 0 Å². The van der Waals surface area contributed by atoms with Crippen molar-refractivity contribution >= 4 is 8.32 Å². The zero-order chi connectivity index (χ0) is 33.8. The zero-order valence-electron chi connectivity index (χ0n) is 31.7. The Balaban J connectivity index is 1.25. The molecule has 2 heterocycles. The first-order valence-corrected chi connectivity index (χ1v) is 22.7. The van der Waals surface area contributed by atoms with Crippen LogP contribution in [0.2, 0.25) is 18.1 Å². The highest BCUT2D eigenvalue weighted by Crippen LogP contribution is 2.89. The lowest BCUT2D eigenvalue weighted by molar-refractivity contribution is -0.242. The van der Waals surface area contributed by atoms with E-state index in [2.05, 4.69) is 62.0 Å². The molecule has 2 aliphatic heterocycles. The molecular weight excluding hydrogens is 601 g/mol. The van der Waals surface area contributed by atoms with E-state index in [0.717, 1.165) is 43.2 Å². The first kappa shape index (κ1) is 35.2. The molecule has 0 radical (unpaired) electrons. The van der Waals surface area contributed by atoms with Crippen molar-refractivity contribution < 1.29 is 23.7 Å². The predicted octanol–water partition coefficient (Wildman–Crippen LogP) is 9.68. The van der Waals surface area contributed by atoms with Crippen molar-refractivity contribution in [2.24, 2.45) is 50.7 Å². The van der Waals surface area contributed by atoms with E-state index in [4.69, 9.17) is 18.6 Å². The van der Waals surface area contributed by atoms with Crippen molar-refractivity contribution in [3.8, 4) is 0 Å². The fourth-order valence-electron chi connectivity index (χ4n) is 14.5. The number of aliphatic hydroxyl groups excluding tert-OH is 1. The SMILES string of the molecule is C=C(C)[C@@H](O)[C@H]1C[C@@H](C)[C@H]2[C@H](O1)[C@H](O[Si](CC)(CC)CC)[C@@]1(C)[C@@H]3CC[C@H]4C(C)(C)C(O[C@H]5CCCCO5)CC[C@@]45CC35CC[C@]21C. The molecule has 7 rings (SSSR count). The van der Waals surface area contributed by atoms with E-state index < -0.39 is 14.4 Å². The summed E-state index contributed by atoms with van der Waals surface area (Å²) in [6, 6.07) is 3.49. The lowest BCUT2D eigenvalue weighted by Gasteiger charge is -2.64. The van der Waals surface area contributed by atoms with Gasteiger partial charge >= 0.3 is 0 Å². The molecule has 7 fully saturated rings. The van der Waals surface area contributed by atoms with Crippen molar-refractivity contribution in [2.45, 2.75) is 188 Å². The Labute approximate surface area is 288 Å². The van der Waals surface area contributed by atoms with Gasteiger partial charge in [0.25, 0.3) is 0 Å². The molecule has 5 aliphatic carbocycles. The van der Waals surface area contributed by atoms with Crippen LogP contribution in [0, 0.1) is 50.7 Å². The molecule has 0 aromatic rings. The van der Waals surface area contributed by atoms with E-state index in [1.807, 2.05) is 6.92 Å². The van der Waals surface area contributed by atoms with Gasteiger partial charge in [-0.3, -0.25) is 0 Å². The molecule has 2 spiro atoms. The van der Waals surface area contributed by atoms with Gasteiger partial charge in [0.05, 0.1) is 24.4 Å². The summed E-state index contributed by atoms with van der Waals surface area (Å²) in [5.74, 6) is 2.32. The normalized spacial score (nSPS) is 50.7. The number of rotatable bonds is 9. The number of ether oxygens (including phenoxy) is 3. The molecule has 1 N–H and O–H groups in total. The Morgan fingerprint density at radius 3 is 2.26 bits per heavy atom. The summed E-state index contributed by atoms with van der Waals surface area (Å²) >= 11 is 0. The van der Waals surface area contributed by atoms with Crippen LogP contribution in [-0.4, -0.2) is 56.8 Å². The Morgan fingerprint density at radius 1 is 0.936 bits per heavy atom. The van der Waals surface area contributed by atoms with E-state index in [1.165, 1.54) is 57.8 Å². The van der Waals surface area contributed by atoms with Crippen LogP contribution in [0.25, 0.3) is 0 Å². The highest BCUT2D eigenvalue weighted by atomic mass is 28.4. The Morgan fingerprint density at radius 2 is 1.62 bits per heavy atom. The standard InChI is InChI=1S/C41H70O5Si/c1-11-47(12-2,13-3)46-36-35-33(27(6)24-28(44-35)34(42)26(4)5)38(9)21-22-41-25-40(41)20-19-31(45-32-16-14-15-23-43-32)37(7,8)29(40)17-18-30(41)39(36,38)10/h27-36,42H,4,11-25H2,1-3,5-10H3/t27-,28-,29+,30+,31?,32+,33+,34-,35+,36+,38-,39-,40-,41?/m1/s1. The minimum atomic E-state index is -1.95. The Kier molecular flexibility index (Phi) is 8.91. The van der Waals surface area contributed by atoms with Crippen LogP contribution in [0.3, 0.4) is 0 Å². The van der Waals surface area contributed by atoms with Crippen molar-refractivity contribution in [2.75, 3.05) is 6.61 Å². The van der Waals surface area contributed by atoms with Crippen LogP contribution in [0.5, 0.6) is 0 Å². The summed E-state index contributed by atoms with van der Waals surface area (Å²) in [7, 11) is -1.95. The number of fused-ring (bicyclic) bond motifs is 4. The third-order valence-electron chi connectivity index (χ3n) is 17.4. The molecule has 6 heteroatoms. The van der Waals surface area contributed by atoms with E-state index in [1.54, 1.807) is 0 Å². The van der Waals surface area contributed by atoms with Crippen molar-refractivity contribution in [1.29, 1.82) is 0 Å². The predicted molar refractivity (Wildman–Crippen MR) is 191 cm³/mol. The number of hydrogen-bond acceptors (Lipinski definition) is 5. The summed E-state index contributed by atoms with van der Waals surface area (Å²) in [6.07, 6.45) is 13.2. The lowest BCUT2D eigenvalue weighted by atomic mass is 9.41. The van der Waals surface area contributed by atoms with Gasteiger partial charge in [-0.1, -0.05) is 62.0 Å². The Bertz CT molecular complexity index is 1190. The van der Waals surface area contributed by atoms with E-state index >= 15 is 0 Å². The smallest absolute Gasteiger partial charge is 0.192 e. The monoisotopic (exact) mass is 670 g/mol.